The first kappa shape index (κ1) is 16.1. The average molecular weight is 363 g/mol. The van der Waals surface area contributed by atoms with E-state index in [1.54, 1.807) is 48.5 Å². The van der Waals surface area contributed by atoms with Gasteiger partial charge in [-0.3, -0.25) is 0 Å². The minimum atomic E-state index is -3.54. The molecule has 0 amide bonds. The Hall–Kier alpha value is -1.81. The van der Waals surface area contributed by atoms with Crippen molar-refractivity contribution in [1.82, 2.24) is 0 Å². The van der Waals surface area contributed by atoms with Gasteiger partial charge >= 0.3 is 0 Å². The summed E-state index contributed by atoms with van der Waals surface area (Å²) in [5.41, 5.74) is 1.90. The van der Waals surface area contributed by atoms with E-state index in [1.165, 1.54) is 12.1 Å². The van der Waals surface area contributed by atoms with Crippen LogP contribution < -0.4 is 0 Å². The van der Waals surface area contributed by atoms with Gasteiger partial charge in [-0.25, -0.2) is 8.42 Å². The maximum Gasteiger partial charge on any atom is 0.206 e. The fourth-order valence-corrected chi connectivity index (χ4v) is 3.73. The number of sulfone groups is 1. The molecule has 0 spiro atoms. The summed E-state index contributed by atoms with van der Waals surface area (Å²) in [7, 11) is -3.54. The Labute approximate surface area is 145 Å². The summed E-state index contributed by atoms with van der Waals surface area (Å²) in [5.74, 6) is 0. The molecular formula is C18H12Cl2O2S. The fourth-order valence-electron chi connectivity index (χ4n) is 2.22. The zero-order chi connectivity index (χ0) is 16.4. The predicted octanol–water partition coefficient (Wildman–Crippen LogP) is 5.49. The SMILES string of the molecule is O=S(=O)(c1ccc(Cl)cc1)c1ccc(-c2ccc(Cl)cc2)cc1. The third kappa shape index (κ3) is 3.42. The first-order valence-corrected chi connectivity index (χ1v) is 9.07. The molecule has 2 nitrogen and oxygen atoms in total. The molecule has 0 heterocycles. The van der Waals surface area contributed by atoms with Gasteiger partial charge in [0.25, 0.3) is 0 Å². The lowest BCUT2D eigenvalue weighted by Crippen LogP contribution is -2.01. The van der Waals surface area contributed by atoms with Crippen molar-refractivity contribution in [2.75, 3.05) is 0 Å². The van der Waals surface area contributed by atoms with Crippen molar-refractivity contribution in [3.8, 4) is 11.1 Å². The minimum absolute atomic E-state index is 0.223. The van der Waals surface area contributed by atoms with E-state index in [-0.39, 0.29) is 9.79 Å². The van der Waals surface area contributed by atoms with Crippen LogP contribution in [0, 0.1) is 0 Å². The van der Waals surface area contributed by atoms with Crippen LogP contribution in [0.15, 0.2) is 82.6 Å². The molecule has 0 atom stereocenters. The third-order valence-corrected chi connectivity index (χ3v) is 5.76. The van der Waals surface area contributed by atoms with Gasteiger partial charge in [-0.05, 0) is 59.7 Å². The molecular weight excluding hydrogens is 351 g/mol. The summed E-state index contributed by atoms with van der Waals surface area (Å²) >= 11 is 11.7. The molecule has 0 radical (unpaired) electrons. The molecule has 3 rings (SSSR count). The van der Waals surface area contributed by atoms with Gasteiger partial charge in [0.05, 0.1) is 9.79 Å². The predicted molar refractivity (Wildman–Crippen MR) is 93.8 cm³/mol. The molecule has 3 aromatic rings. The van der Waals surface area contributed by atoms with E-state index in [2.05, 4.69) is 0 Å². The second-order valence-corrected chi connectivity index (χ2v) is 7.81. The quantitative estimate of drug-likeness (QED) is 0.616. The summed E-state index contributed by atoms with van der Waals surface area (Å²) in [6.45, 7) is 0. The zero-order valence-electron chi connectivity index (χ0n) is 11.9. The minimum Gasteiger partial charge on any atom is -0.219 e. The van der Waals surface area contributed by atoms with Gasteiger partial charge < -0.3 is 0 Å². The average Bonchev–Trinajstić information content (AvgIpc) is 2.56. The smallest absolute Gasteiger partial charge is 0.206 e. The highest BCUT2D eigenvalue weighted by Crippen LogP contribution is 2.26. The molecule has 0 aliphatic rings. The van der Waals surface area contributed by atoms with E-state index >= 15 is 0 Å². The number of halogens is 2. The van der Waals surface area contributed by atoms with Crippen molar-refractivity contribution in [2.24, 2.45) is 0 Å². The molecule has 5 heteroatoms. The lowest BCUT2D eigenvalue weighted by molar-refractivity contribution is 0.596. The van der Waals surface area contributed by atoms with Gasteiger partial charge in [0.15, 0.2) is 0 Å². The van der Waals surface area contributed by atoms with Gasteiger partial charge in [0.1, 0.15) is 0 Å². The first-order chi connectivity index (χ1) is 11.0. The molecule has 0 saturated heterocycles. The lowest BCUT2D eigenvalue weighted by Gasteiger charge is -2.07. The Morgan fingerprint density at radius 3 is 1.26 bits per heavy atom. The van der Waals surface area contributed by atoms with Crippen molar-refractivity contribution in [3.05, 3.63) is 82.8 Å². The summed E-state index contributed by atoms with van der Waals surface area (Å²) in [6, 6.07) is 20.3. The summed E-state index contributed by atoms with van der Waals surface area (Å²) < 4.78 is 25.2. The van der Waals surface area contributed by atoms with Crippen LogP contribution >= 0.6 is 23.2 Å². The third-order valence-electron chi connectivity index (χ3n) is 3.47. The van der Waals surface area contributed by atoms with Crippen molar-refractivity contribution in [1.29, 1.82) is 0 Å². The van der Waals surface area contributed by atoms with Crippen LogP contribution in [0.2, 0.25) is 10.0 Å². The van der Waals surface area contributed by atoms with Gasteiger partial charge in [0, 0.05) is 10.0 Å². The van der Waals surface area contributed by atoms with Crippen LogP contribution in [0.1, 0.15) is 0 Å². The van der Waals surface area contributed by atoms with Crippen LogP contribution in [0.3, 0.4) is 0 Å². The van der Waals surface area contributed by atoms with Gasteiger partial charge in [-0.15, -0.1) is 0 Å². The normalized spacial score (nSPS) is 11.4. The summed E-state index contributed by atoms with van der Waals surface area (Å²) in [4.78, 5) is 0.471. The van der Waals surface area contributed by atoms with Crippen molar-refractivity contribution < 1.29 is 8.42 Å². The van der Waals surface area contributed by atoms with Crippen LogP contribution in [0.25, 0.3) is 11.1 Å². The number of hydrogen-bond acceptors (Lipinski definition) is 2. The molecule has 23 heavy (non-hydrogen) atoms. The van der Waals surface area contributed by atoms with E-state index < -0.39 is 9.84 Å². The second-order valence-electron chi connectivity index (χ2n) is 4.99. The highest BCUT2D eigenvalue weighted by Gasteiger charge is 2.17. The Morgan fingerprint density at radius 1 is 0.522 bits per heavy atom. The highest BCUT2D eigenvalue weighted by atomic mass is 35.5. The molecule has 0 saturated carbocycles. The first-order valence-electron chi connectivity index (χ1n) is 6.83. The van der Waals surface area contributed by atoms with Crippen molar-refractivity contribution >= 4 is 33.0 Å². The summed E-state index contributed by atoms with van der Waals surface area (Å²) in [5, 5.41) is 1.16. The van der Waals surface area contributed by atoms with Crippen LogP contribution in [0.5, 0.6) is 0 Å². The molecule has 0 aromatic heterocycles. The molecule has 0 aliphatic heterocycles. The molecule has 0 unspecified atom stereocenters. The van der Waals surface area contributed by atoms with E-state index in [0.717, 1.165) is 11.1 Å². The Balaban J connectivity index is 1.95. The standard InChI is InChI=1S/C18H12Cl2O2S/c19-15-5-1-13(2-6-15)14-3-9-17(10-4-14)23(21,22)18-11-7-16(20)8-12-18/h1-12H. The van der Waals surface area contributed by atoms with E-state index in [1.807, 2.05) is 12.1 Å². The molecule has 116 valence electrons. The zero-order valence-corrected chi connectivity index (χ0v) is 14.2. The van der Waals surface area contributed by atoms with E-state index in [9.17, 15) is 8.42 Å². The van der Waals surface area contributed by atoms with Gasteiger partial charge in [-0.2, -0.15) is 0 Å². The number of rotatable bonds is 3. The largest absolute Gasteiger partial charge is 0.219 e. The molecule has 0 fully saturated rings. The second kappa shape index (κ2) is 6.36. The maximum atomic E-state index is 12.6. The van der Waals surface area contributed by atoms with E-state index in [4.69, 9.17) is 23.2 Å². The van der Waals surface area contributed by atoms with Crippen molar-refractivity contribution in [3.63, 3.8) is 0 Å². The van der Waals surface area contributed by atoms with Gasteiger partial charge in [-0.1, -0.05) is 47.5 Å². The molecule has 3 aromatic carbocycles. The topological polar surface area (TPSA) is 34.1 Å². The fraction of sp³-hybridized carbons (Fsp3) is 0. The number of benzene rings is 3. The highest BCUT2D eigenvalue weighted by molar-refractivity contribution is 7.91. The number of hydrogen-bond donors (Lipinski definition) is 0. The van der Waals surface area contributed by atoms with E-state index in [0.29, 0.717) is 10.0 Å². The molecule has 0 aliphatic carbocycles. The Kier molecular flexibility index (Phi) is 4.44. The maximum absolute atomic E-state index is 12.6. The van der Waals surface area contributed by atoms with Gasteiger partial charge in [0.2, 0.25) is 9.84 Å². The Morgan fingerprint density at radius 2 is 0.826 bits per heavy atom. The Bertz CT molecular complexity index is 914. The molecule has 0 bridgehead atoms. The monoisotopic (exact) mass is 362 g/mol. The molecule has 0 N–H and O–H groups in total. The van der Waals surface area contributed by atoms with Crippen LogP contribution in [0.4, 0.5) is 0 Å². The van der Waals surface area contributed by atoms with Crippen molar-refractivity contribution in [2.45, 2.75) is 9.79 Å². The summed E-state index contributed by atoms with van der Waals surface area (Å²) in [6.07, 6.45) is 0. The van der Waals surface area contributed by atoms with Crippen LogP contribution in [-0.2, 0) is 9.84 Å². The van der Waals surface area contributed by atoms with Crippen LogP contribution in [-0.4, -0.2) is 8.42 Å². The lowest BCUT2D eigenvalue weighted by atomic mass is 10.1.